The maximum Gasteiger partial charge on any atom is 0.416 e. The lowest BCUT2D eigenvalue weighted by Gasteiger charge is -2.28. The number of amidine groups is 1. The lowest BCUT2D eigenvalue weighted by Crippen LogP contribution is -2.39. The van der Waals surface area contributed by atoms with Gasteiger partial charge in [0.05, 0.1) is 26.8 Å². The SMILES string of the molecule is O=C(c1ccc([N+](=O)[O-])cc1Cl)N1CCCSC1=Nc1cccc(C(F)(F)F)c1. The fourth-order valence-electron chi connectivity index (χ4n) is 2.64. The molecule has 0 N–H and O–H groups in total. The zero-order chi connectivity index (χ0) is 21.2. The number of nitrogens with zero attached hydrogens (tertiary/aromatic N) is 3. The van der Waals surface area contributed by atoms with Gasteiger partial charge in [0.2, 0.25) is 0 Å². The van der Waals surface area contributed by atoms with Crippen LogP contribution < -0.4 is 0 Å². The van der Waals surface area contributed by atoms with E-state index < -0.39 is 22.6 Å². The Bertz CT molecular complexity index is 998. The van der Waals surface area contributed by atoms with Crippen LogP contribution in [0, 0.1) is 10.1 Å². The van der Waals surface area contributed by atoms with Crippen molar-refractivity contribution >= 4 is 45.8 Å². The predicted octanol–water partition coefficient (Wildman–Crippen LogP) is 5.53. The quantitative estimate of drug-likeness (QED) is 0.461. The summed E-state index contributed by atoms with van der Waals surface area (Å²) in [6.07, 6.45) is -3.85. The van der Waals surface area contributed by atoms with E-state index >= 15 is 0 Å². The first-order valence-electron chi connectivity index (χ1n) is 8.31. The highest BCUT2D eigenvalue weighted by molar-refractivity contribution is 8.13. The number of carbonyl (C=O) groups excluding carboxylic acids is 1. The van der Waals surface area contributed by atoms with Crippen LogP contribution in [0.25, 0.3) is 0 Å². The van der Waals surface area contributed by atoms with Gasteiger partial charge in [-0.3, -0.25) is 19.8 Å². The van der Waals surface area contributed by atoms with Crippen LogP contribution in [-0.4, -0.2) is 33.2 Å². The topological polar surface area (TPSA) is 75.8 Å². The third kappa shape index (κ3) is 4.88. The zero-order valence-electron chi connectivity index (χ0n) is 14.6. The van der Waals surface area contributed by atoms with Crippen LogP contribution in [0.5, 0.6) is 0 Å². The van der Waals surface area contributed by atoms with Crippen LogP contribution in [0.1, 0.15) is 22.3 Å². The summed E-state index contributed by atoms with van der Waals surface area (Å²) in [5.74, 6) is 0.123. The van der Waals surface area contributed by atoms with E-state index in [0.717, 1.165) is 18.2 Å². The number of amides is 1. The number of rotatable bonds is 3. The molecule has 152 valence electrons. The number of non-ortho nitro benzene ring substituents is 1. The van der Waals surface area contributed by atoms with Crippen molar-refractivity contribution in [3.8, 4) is 0 Å². The Morgan fingerprint density at radius 2 is 2.00 bits per heavy atom. The smallest absolute Gasteiger partial charge is 0.287 e. The molecule has 29 heavy (non-hydrogen) atoms. The Balaban J connectivity index is 1.93. The minimum absolute atomic E-state index is 0.0523. The Kier molecular flexibility index (Phi) is 6.13. The van der Waals surface area contributed by atoms with E-state index in [4.69, 9.17) is 11.6 Å². The number of hydrogen-bond acceptors (Lipinski definition) is 5. The van der Waals surface area contributed by atoms with Gasteiger partial charge in [-0.05, 0) is 30.7 Å². The number of benzene rings is 2. The predicted molar refractivity (Wildman–Crippen MR) is 105 cm³/mol. The molecule has 11 heteroatoms. The van der Waals surface area contributed by atoms with E-state index in [0.29, 0.717) is 18.7 Å². The molecule has 0 aromatic heterocycles. The van der Waals surface area contributed by atoms with Crippen molar-refractivity contribution in [2.75, 3.05) is 12.3 Å². The van der Waals surface area contributed by atoms with Crippen LogP contribution in [0.4, 0.5) is 24.5 Å². The van der Waals surface area contributed by atoms with E-state index in [1.54, 1.807) is 0 Å². The van der Waals surface area contributed by atoms with Gasteiger partial charge in [0.25, 0.3) is 11.6 Å². The normalized spacial score (nSPS) is 16.1. The Hall–Kier alpha value is -2.59. The molecule has 3 rings (SSSR count). The second kappa shape index (κ2) is 8.42. The van der Waals surface area contributed by atoms with Crippen LogP contribution >= 0.6 is 23.4 Å². The molecular weight excluding hydrogens is 431 g/mol. The Morgan fingerprint density at radius 1 is 1.24 bits per heavy atom. The van der Waals surface area contributed by atoms with Crippen molar-refractivity contribution in [1.29, 1.82) is 0 Å². The number of aliphatic imine (C=N–C) groups is 1. The monoisotopic (exact) mass is 443 g/mol. The largest absolute Gasteiger partial charge is 0.416 e. The van der Waals surface area contributed by atoms with Gasteiger partial charge >= 0.3 is 6.18 Å². The number of halogens is 4. The molecule has 2 aromatic rings. The van der Waals surface area contributed by atoms with Crippen molar-refractivity contribution in [1.82, 2.24) is 4.90 Å². The van der Waals surface area contributed by atoms with Gasteiger partial charge in [-0.2, -0.15) is 13.2 Å². The van der Waals surface area contributed by atoms with Gasteiger partial charge in [0.1, 0.15) is 0 Å². The highest BCUT2D eigenvalue weighted by atomic mass is 35.5. The first kappa shape index (κ1) is 21.1. The zero-order valence-corrected chi connectivity index (χ0v) is 16.2. The second-order valence-electron chi connectivity index (χ2n) is 6.02. The number of alkyl halides is 3. The molecule has 1 fully saturated rings. The summed E-state index contributed by atoms with van der Waals surface area (Å²) in [4.78, 5) is 28.7. The highest BCUT2D eigenvalue weighted by Crippen LogP contribution is 2.33. The summed E-state index contributed by atoms with van der Waals surface area (Å²) in [7, 11) is 0. The molecule has 1 amide bonds. The van der Waals surface area contributed by atoms with E-state index in [1.807, 2.05) is 0 Å². The summed E-state index contributed by atoms with van der Waals surface area (Å²) in [6, 6.07) is 8.01. The molecule has 0 saturated carbocycles. The van der Waals surface area contributed by atoms with Crippen molar-refractivity contribution in [3.05, 3.63) is 68.7 Å². The average Bonchev–Trinajstić information content (AvgIpc) is 2.67. The fraction of sp³-hybridized carbons (Fsp3) is 0.222. The van der Waals surface area contributed by atoms with Gasteiger partial charge in [0, 0.05) is 24.4 Å². The minimum Gasteiger partial charge on any atom is -0.287 e. The second-order valence-corrected chi connectivity index (χ2v) is 7.49. The van der Waals surface area contributed by atoms with E-state index in [9.17, 15) is 28.1 Å². The van der Waals surface area contributed by atoms with Crippen LogP contribution in [0.15, 0.2) is 47.5 Å². The summed E-state index contributed by atoms with van der Waals surface area (Å²) in [6.45, 7) is 0.303. The van der Waals surface area contributed by atoms with E-state index in [1.165, 1.54) is 40.9 Å². The number of nitro groups is 1. The Morgan fingerprint density at radius 3 is 2.66 bits per heavy atom. The van der Waals surface area contributed by atoms with Crippen LogP contribution in [0.2, 0.25) is 5.02 Å². The van der Waals surface area contributed by atoms with Crippen molar-refractivity contribution in [2.45, 2.75) is 12.6 Å². The molecule has 0 radical (unpaired) electrons. The average molecular weight is 444 g/mol. The highest BCUT2D eigenvalue weighted by Gasteiger charge is 2.31. The maximum absolute atomic E-state index is 12.9. The first-order valence-corrected chi connectivity index (χ1v) is 9.68. The minimum atomic E-state index is -4.50. The van der Waals surface area contributed by atoms with Crippen LogP contribution in [0.3, 0.4) is 0 Å². The first-order chi connectivity index (χ1) is 13.7. The molecule has 0 aliphatic carbocycles. The molecule has 1 aliphatic rings. The van der Waals surface area contributed by atoms with E-state index in [-0.39, 0.29) is 27.1 Å². The van der Waals surface area contributed by atoms with Crippen molar-refractivity contribution in [3.63, 3.8) is 0 Å². The third-order valence-corrected chi connectivity index (χ3v) is 5.40. The summed E-state index contributed by atoms with van der Waals surface area (Å²) in [5, 5.41) is 11.0. The van der Waals surface area contributed by atoms with Gasteiger partial charge < -0.3 is 0 Å². The molecule has 1 heterocycles. The molecule has 0 bridgehead atoms. The molecule has 0 atom stereocenters. The van der Waals surface area contributed by atoms with Crippen LogP contribution in [-0.2, 0) is 6.18 Å². The molecule has 0 spiro atoms. The molecule has 6 nitrogen and oxygen atoms in total. The Labute approximate surface area is 172 Å². The number of thioether (sulfide) groups is 1. The number of nitro benzene ring substituents is 1. The van der Waals surface area contributed by atoms with Gasteiger partial charge in [-0.15, -0.1) is 0 Å². The van der Waals surface area contributed by atoms with Crippen molar-refractivity contribution < 1.29 is 22.9 Å². The summed E-state index contributed by atoms with van der Waals surface area (Å²) < 4.78 is 38.8. The molecule has 0 unspecified atom stereocenters. The molecule has 1 aliphatic heterocycles. The fourth-order valence-corrected chi connectivity index (χ4v) is 3.85. The van der Waals surface area contributed by atoms with E-state index in [2.05, 4.69) is 4.99 Å². The standard InChI is InChI=1S/C18H13ClF3N3O3S/c19-15-10-13(25(27)28)5-6-14(15)16(26)24-7-2-8-29-17(24)23-12-4-1-3-11(9-12)18(20,21)22/h1,3-6,9-10H,2,7-8H2. The molecule has 1 saturated heterocycles. The number of carbonyl (C=O) groups is 1. The summed E-state index contributed by atoms with van der Waals surface area (Å²) in [5.41, 5.74) is -0.970. The molecular formula is C18H13ClF3N3O3S. The lowest BCUT2D eigenvalue weighted by molar-refractivity contribution is -0.384. The summed E-state index contributed by atoms with van der Waals surface area (Å²) >= 11 is 7.28. The van der Waals surface area contributed by atoms with Gasteiger partial charge in [-0.1, -0.05) is 29.4 Å². The lowest BCUT2D eigenvalue weighted by atomic mass is 10.1. The number of hydrogen-bond donors (Lipinski definition) is 0. The maximum atomic E-state index is 12.9. The van der Waals surface area contributed by atoms with Crippen molar-refractivity contribution in [2.24, 2.45) is 4.99 Å². The molecule has 2 aromatic carbocycles. The van der Waals surface area contributed by atoms with Gasteiger partial charge in [-0.25, -0.2) is 4.99 Å². The third-order valence-electron chi connectivity index (χ3n) is 4.03. The van der Waals surface area contributed by atoms with Gasteiger partial charge in [0.15, 0.2) is 5.17 Å².